The SMILES string of the molecule is COc1ccc(-c2nc(CSc3nncn4c3cc3sccc34)c(C)o2)cc1. The lowest BCUT2D eigenvalue weighted by Crippen LogP contribution is -1.94. The summed E-state index contributed by atoms with van der Waals surface area (Å²) in [5.74, 6) is 2.90. The minimum absolute atomic E-state index is 0.614. The molecule has 0 aliphatic heterocycles. The Hall–Kier alpha value is -2.84. The zero-order valence-corrected chi connectivity index (χ0v) is 16.9. The first kappa shape index (κ1) is 17.3. The van der Waals surface area contributed by atoms with E-state index < -0.39 is 0 Å². The summed E-state index contributed by atoms with van der Waals surface area (Å²) < 4.78 is 14.4. The van der Waals surface area contributed by atoms with E-state index in [1.54, 1.807) is 36.5 Å². The van der Waals surface area contributed by atoms with Gasteiger partial charge in [0.25, 0.3) is 0 Å². The van der Waals surface area contributed by atoms with Gasteiger partial charge in [-0.15, -0.1) is 21.5 Å². The van der Waals surface area contributed by atoms with Crippen molar-refractivity contribution in [2.75, 3.05) is 7.11 Å². The van der Waals surface area contributed by atoms with E-state index in [1.807, 2.05) is 31.2 Å². The molecule has 1 aromatic carbocycles. The predicted molar refractivity (Wildman–Crippen MR) is 111 cm³/mol. The third-order valence-corrected chi connectivity index (χ3v) is 6.41. The molecule has 4 heterocycles. The summed E-state index contributed by atoms with van der Waals surface area (Å²) in [7, 11) is 1.65. The molecule has 0 atom stereocenters. The summed E-state index contributed by atoms with van der Waals surface area (Å²) in [5, 5.41) is 11.5. The van der Waals surface area contributed by atoms with Crippen LogP contribution in [0.15, 0.2) is 57.5 Å². The van der Waals surface area contributed by atoms with Gasteiger partial charge in [0.2, 0.25) is 5.89 Å². The number of thioether (sulfide) groups is 1. The second-order valence-corrected chi connectivity index (χ2v) is 8.16. The van der Waals surface area contributed by atoms with Crippen LogP contribution in [0.25, 0.3) is 27.2 Å². The molecule has 140 valence electrons. The molecule has 0 spiro atoms. The molecule has 4 aromatic heterocycles. The molecule has 0 fully saturated rings. The normalized spacial score (nSPS) is 11.5. The standard InChI is InChI=1S/C20H16N4O2S2/c1-12-15(22-19(26-12)13-3-5-14(25-2)6-4-13)10-28-20-17-9-18-16(7-8-27-18)24(17)11-21-23-20/h3-9,11H,10H2,1-2H3. The number of thiophene rings is 1. The summed E-state index contributed by atoms with van der Waals surface area (Å²) in [6, 6.07) is 12.0. The highest BCUT2D eigenvalue weighted by molar-refractivity contribution is 7.98. The predicted octanol–water partition coefficient (Wildman–Crippen LogP) is 5.21. The van der Waals surface area contributed by atoms with E-state index in [4.69, 9.17) is 9.15 Å². The molecule has 0 aliphatic rings. The van der Waals surface area contributed by atoms with Crippen LogP contribution in [0.2, 0.25) is 0 Å². The number of fused-ring (bicyclic) bond motifs is 3. The molecular weight excluding hydrogens is 392 g/mol. The van der Waals surface area contributed by atoms with Crippen LogP contribution in [0.3, 0.4) is 0 Å². The van der Waals surface area contributed by atoms with Gasteiger partial charge in [0, 0.05) is 11.3 Å². The van der Waals surface area contributed by atoms with Gasteiger partial charge in [-0.25, -0.2) is 4.98 Å². The second-order valence-electron chi connectivity index (χ2n) is 6.24. The van der Waals surface area contributed by atoms with Crippen LogP contribution in [0, 0.1) is 6.92 Å². The highest BCUT2D eigenvalue weighted by Gasteiger charge is 2.15. The Morgan fingerprint density at radius 2 is 2.04 bits per heavy atom. The first-order valence-corrected chi connectivity index (χ1v) is 10.5. The number of methoxy groups -OCH3 is 1. The average Bonchev–Trinajstić information content (AvgIpc) is 3.41. The van der Waals surface area contributed by atoms with Gasteiger partial charge in [-0.1, -0.05) is 11.8 Å². The maximum absolute atomic E-state index is 5.88. The number of oxazole rings is 1. The van der Waals surface area contributed by atoms with E-state index in [2.05, 4.69) is 37.1 Å². The molecule has 0 amide bonds. The number of hydrogen-bond acceptors (Lipinski definition) is 7. The molecule has 0 bridgehead atoms. The fraction of sp³-hybridized carbons (Fsp3) is 0.150. The van der Waals surface area contributed by atoms with Crippen molar-refractivity contribution in [1.29, 1.82) is 0 Å². The largest absolute Gasteiger partial charge is 0.497 e. The van der Waals surface area contributed by atoms with Crippen molar-refractivity contribution >= 4 is 38.8 Å². The Morgan fingerprint density at radius 3 is 2.86 bits per heavy atom. The molecule has 5 aromatic rings. The zero-order valence-electron chi connectivity index (χ0n) is 15.2. The highest BCUT2D eigenvalue weighted by Crippen LogP contribution is 2.32. The monoisotopic (exact) mass is 408 g/mol. The van der Waals surface area contributed by atoms with Crippen molar-refractivity contribution in [2.24, 2.45) is 0 Å². The molecule has 0 N–H and O–H groups in total. The molecule has 5 rings (SSSR count). The van der Waals surface area contributed by atoms with Gasteiger partial charge >= 0.3 is 0 Å². The van der Waals surface area contributed by atoms with Crippen molar-refractivity contribution in [1.82, 2.24) is 19.6 Å². The lowest BCUT2D eigenvalue weighted by Gasteiger charge is -2.01. The number of benzene rings is 1. The van der Waals surface area contributed by atoms with E-state index >= 15 is 0 Å². The van der Waals surface area contributed by atoms with Gasteiger partial charge in [0.15, 0.2) is 0 Å². The first-order chi connectivity index (χ1) is 13.7. The summed E-state index contributed by atoms with van der Waals surface area (Å²) in [5.41, 5.74) is 4.07. The van der Waals surface area contributed by atoms with Crippen LogP contribution in [0.5, 0.6) is 5.75 Å². The van der Waals surface area contributed by atoms with Gasteiger partial charge in [0.1, 0.15) is 22.9 Å². The van der Waals surface area contributed by atoms with Gasteiger partial charge in [-0.3, -0.25) is 4.40 Å². The van der Waals surface area contributed by atoms with E-state index in [-0.39, 0.29) is 0 Å². The Morgan fingerprint density at radius 1 is 1.18 bits per heavy atom. The smallest absolute Gasteiger partial charge is 0.226 e. The molecule has 0 unspecified atom stereocenters. The molecule has 28 heavy (non-hydrogen) atoms. The number of rotatable bonds is 5. The van der Waals surface area contributed by atoms with E-state index in [1.165, 1.54) is 4.70 Å². The lowest BCUT2D eigenvalue weighted by atomic mass is 10.2. The third kappa shape index (κ3) is 2.94. The minimum atomic E-state index is 0.614. The van der Waals surface area contributed by atoms with Crippen molar-refractivity contribution < 1.29 is 9.15 Å². The van der Waals surface area contributed by atoms with Gasteiger partial charge in [-0.05, 0) is 48.7 Å². The van der Waals surface area contributed by atoms with E-state index in [0.717, 1.165) is 38.8 Å². The van der Waals surface area contributed by atoms with Crippen LogP contribution in [-0.2, 0) is 5.75 Å². The zero-order chi connectivity index (χ0) is 19.1. The Kier molecular flexibility index (Phi) is 4.29. The number of ether oxygens (including phenoxy) is 1. The summed E-state index contributed by atoms with van der Waals surface area (Å²) in [6.45, 7) is 1.94. The Balaban J connectivity index is 1.41. The number of aryl methyl sites for hydroxylation is 1. The number of hydrogen-bond donors (Lipinski definition) is 0. The van der Waals surface area contributed by atoms with E-state index in [0.29, 0.717) is 11.6 Å². The average molecular weight is 409 g/mol. The molecule has 0 radical (unpaired) electrons. The quantitative estimate of drug-likeness (QED) is 0.372. The maximum atomic E-state index is 5.88. The van der Waals surface area contributed by atoms with Crippen LogP contribution >= 0.6 is 23.1 Å². The lowest BCUT2D eigenvalue weighted by molar-refractivity contribution is 0.415. The summed E-state index contributed by atoms with van der Waals surface area (Å²) >= 11 is 3.34. The van der Waals surface area contributed by atoms with Crippen LogP contribution < -0.4 is 4.74 Å². The Labute approximate surface area is 169 Å². The van der Waals surface area contributed by atoms with Crippen molar-refractivity contribution in [3.63, 3.8) is 0 Å². The molecular formula is C20H16N4O2S2. The second kappa shape index (κ2) is 6.96. The number of nitrogens with zero attached hydrogens (tertiary/aromatic N) is 4. The van der Waals surface area contributed by atoms with Crippen LogP contribution in [-0.4, -0.2) is 26.7 Å². The van der Waals surface area contributed by atoms with Gasteiger partial charge < -0.3 is 9.15 Å². The van der Waals surface area contributed by atoms with E-state index in [9.17, 15) is 0 Å². The van der Waals surface area contributed by atoms with Crippen molar-refractivity contribution in [3.8, 4) is 17.2 Å². The molecule has 6 nitrogen and oxygen atoms in total. The Bertz CT molecular complexity index is 1270. The molecule has 0 saturated carbocycles. The van der Waals surface area contributed by atoms with Crippen molar-refractivity contribution in [2.45, 2.75) is 17.7 Å². The van der Waals surface area contributed by atoms with Crippen LogP contribution in [0.1, 0.15) is 11.5 Å². The van der Waals surface area contributed by atoms with Crippen molar-refractivity contribution in [3.05, 3.63) is 59.6 Å². The fourth-order valence-corrected chi connectivity index (χ4v) is 4.84. The first-order valence-electron chi connectivity index (χ1n) is 8.66. The summed E-state index contributed by atoms with van der Waals surface area (Å²) in [6.07, 6.45) is 1.76. The maximum Gasteiger partial charge on any atom is 0.226 e. The minimum Gasteiger partial charge on any atom is -0.497 e. The topological polar surface area (TPSA) is 65.5 Å². The molecule has 0 aliphatic carbocycles. The molecule has 0 saturated heterocycles. The molecule has 8 heteroatoms. The van der Waals surface area contributed by atoms with Gasteiger partial charge in [-0.2, -0.15) is 0 Å². The van der Waals surface area contributed by atoms with Gasteiger partial charge in [0.05, 0.1) is 28.5 Å². The van der Waals surface area contributed by atoms with Crippen LogP contribution in [0.4, 0.5) is 0 Å². The third-order valence-electron chi connectivity index (χ3n) is 4.57. The summed E-state index contributed by atoms with van der Waals surface area (Å²) in [4.78, 5) is 4.68. The highest BCUT2D eigenvalue weighted by atomic mass is 32.2. The fourth-order valence-electron chi connectivity index (χ4n) is 3.07. The number of aromatic nitrogens is 4.